The molecule has 1 aromatic rings. The first-order valence-electron chi connectivity index (χ1n) is 7.40. The molecule has 2 N–H and O–H groups in total. The smallest absolute Gasteiger partial charge is 0.144 e. The molecule has 0 atom stereocenters. The van der Waals surface area contributed by atoms with Crippen molar-refractivity contribution in [2.45, 2.75) is 33.1 Å². The standard InChI is InChI=1S/C18H22ClN3O/c1-11-8-13(18(2,3)4)17(23)16(9-11)22(5)21-15-10-12(19)6-7-14(15)20/h6-10,20,23H,1-5H3/b20-14?,21-15-. The maximum absolute atomic E-state index is 10.6. The second-order valence-corrected chi connectivity index (χ2v) is 7.15. The number of hydrogen-bond acceptors (Lipinski definition) is 4. The van der Waals surface area contributed by atoms with E-state index in [1.54, 1.807) is 30.3 Å². The number of anilines is 1. The van der Waals surface area contributed by atoms with Gasteiger partial charge in [-0.05, 0) is 42.2 Å². The van der Waals surface area contributed by atoms with E-state index in [4.69, 9.17) is 17.0 Å². The van der Waals surface area contributed by atoms with Crippen LogP contribution in [0.2, 0.25) is 0 Å². The lowest BCUT2D eigenvalue weighted by Crippen LogP contribution is -2.20. The van der Waals surface area contributed by atoms with Gasteiger partial charge in [0.05, 0.1) is 5.71 Å². The number of benzene rings is 1. The second-order valence-electron chi connectivity index (χ2n) is 6.72. The van der Waals surface area contributed by atoms with Gasteiger partial charge in [-0.1, -0.05) is 38.4 Å². The van der Waals surface area contributed by atoms with Gasteiger partial charge in [-0.25, -0.2) is 0 Å². The molecule has 0 aromatic heterocycles. The van der Waals surface area contributed by atoms with E-state index in [2.05, 4.69) is 25.9 Å². The zero-order valence-electron chi connectivity index (χ0n) is 14.1. The summed E-state index contributed by atoms with van der Waals surface area (Å²) in [5.74, 6) is 0.211. The Labute approximate surface area is 142 Å². The van der Waals surface area contributed by atoms with Crippen molar-refractivity contribution in [2.24, 2.45) is 5.10 Å². The molecule has 0 unspecified atom stereocenters. The van der Waals surface area contributed by atoms with Crippen LogP contribution in [0, 0.1) is 12.3 Å². The van der Waals surface area contributed by atoms with Gasteiger partial charge in [0.25, 0.3) is 0 Å². The first-order chi connectivity index (χ1) is 10.6. The largest absolute Gasteiger partial charge is 0.505 e. The Balaban J connectivity index is 2.48. The minimum atomic E-state index is -0.178. The fraction of sp³-hybridized carbons (Fsp3) is 0.333. The second kappa shape index (κ2) is 6.20. The van der Waals surface area contributed by atoms with E-state index in [-0.39, 0.29) is 16.9 Å². The topological polar surface area (TPSA) is 59.7 Å². The fourth-order valence-corrected chi connectivity index (χ4v) is 2.55. The molecular weight excluding hydrogens is 310 g/mol. The summed E-state index contributed by atoms with van der Waals surface area (Å²) in [6.07, 6.45) is 4.90. The molecule has 5 heteroatoms. The first kappa shape index (κ1) is 17.3. The van der Waals surface area contributed by atoms with Gasteiger partial charge in [-0.3, -0.25) is 10.4 Å². The van der Waals surface area contributed by atoms with Crippen LogP contribution in [-0.2, 0) is 5.41 Å². The molecule has 0 bridgehead atoms. The highest BCUT2D eigenvalue weighted by atomic mass is 35.5. The van der Waals surface area contributed by atoms with Gasteiger partial charge in [-0.2, -0.15) is 5.10 Å². The molecule has 0 saturated heterocycles. The first-order valence-corrected chi connectivity index (χ1v) is 7.78. The van der Waals surface area contributed by atoms with Gasteiger partial charge in [0.2, 0.25) is 0 Å². The molecule has 1 aliphatic carbocycles. The maximum Gasteiger partial charge on any atom is 0.144 e. The Hall–Kier alpha value is -2.07. The van der Waals surface area contributed by atoms with E-state index < -0.39 is 0 Å². The Morgan fingerprint density at radius 1 is 1.22 bits per heavy atom. The SMILES string of the molecule is Cc1cc(N(C)/N=C2/C=C(Cl)C=CC2=N)c(O)c(C(C)(C)C)c1. The highest BCUT2D eigenvalue weighted by Gasteiger charge is 2.22. The van der Waals surface area contributed by atoms with Crippen LogP contribution in [0.5, 0.6) is 5.75 Å². The minimum absolute atomic E-state index is 0.178. The number of halogens is 1. The molecular formula is C18H22ClN3O. The maximum atomic E-state index is 10.6. The number of phenols is 1. The summed E-state index contributed by atoms with van der Waals surface area (Å²) < 4.78 is 0. The number of nitrogens with one attached hydrogen (secondary N) is 1. The fourth-order valence-electron chi connectivity index (χ4n) is 2.38. The third kappa shape index (κ3) is 3.82. The summed E-state index contributed by atoms with van der Waals surface area (Å²) in [6, 6.07) is 3.87. The molecule has 23 heavy (non-hydrogen) atoms. The van der Waals surface area contributed by atoms with E-state index >= 15 is 0 Å². The predicted molar refractivity (Wildman–Crippen MR) is 98.2 cm³/mol. The average molecular weight is 332 g/mol. The van der Waals surface area contributed by atoms with Gasteiger partial charge >= 0.3 is 0 Å². The zero-order chi connectivity index (χ0) is 17.4. The number of aryl methyl sites for hydroxylation is 1. The zero-order valence-corrected chi connectivity index (χ0v) is 14.9. The third-order valence-corrected chi connectivity index (χ3v) is 3.84. The molecule has 0 spiro atoms. The molecule has 1 aliphatic rings. The number of nitrogens with zero attached hydrogens (tertiary/aromatic N) is 2. The number of phenolic OH excluding ortho intramolecular Hbond substituents is 1. The monoisotopic (exact) mass is 331 g/mol. The summed E-state index contributed by atoms with van der Waals surface area (Å²) in [5, 5.41) is 25.1. The van der Waals surface area contributed by atoms with E-state index in [1.807, 2.05) is 19.1 Å². The van der Waals surface area contributed by atoms with Crippen LogP contribution < -0.4 is 5.01 Å². The molecule has 4 nitrogen and oxygen atoms in total. The molecule has 1 aromatic carbocycles. The van der Waals surface area contributed by atoms with Crippen molar-refractivity contribution >= 4 is 28.7 Å². The predicted octanol–water partition coefficient (Wildman–Crippen LogP) is 4.50. The Bertz CT molecular complexity index is 739. The van der Waals surface area contributed by atoms with Gasteiger partial charge in [0.15, 0.2) is 0 Å². The van der Waals surface area contributed by atoms with Gasteiger partial charge in [0, 0.05) is 17.6 Å². The summed E-state index contributed by atoms with van der Waals surface area (Å²) >= 11 is 5.98. The lowest BCUT2D eigenvalue weighted by molar-refractivity contribution is 0.446. The van der Waals surface area contributed by atoms with E-state index in [0.717, 1.165) is 11.1 Å². The van der Waals surface area contributed by atoms with Crippen molar-refractivity contribution in [3.8, 4) is 5.75 Å². The summed E-state index contributed by atoms with van der Waals surface area (Å²) in [4.78, 5) is 0. The van der Waals surface area contributed by atoms with E-state index in [0.29, 0.717) is 16.4 Å². The van der Waals surface area contributed by atoms with E-state index in [9.17, 15) is 5.11 Å². The quantitative estimate of drug-likeness (QED) is 0.619. The highest BCUT2D eigenvalue weighted by Crippen LogP contribution is 2.38. The normalized spacial score (nSPS) is 16.7. The summed E-state index contributed by atoms with van der Waals surface area (Å²) in [5.41, 5.74) is 3.08. The van der Waals surface area contributed by atoms with Crippen molar-refractivity contribution in [2.75, 3.05) is 12.1 Å². The number of allylic oxidation sites excluding steroid dienone is 4. The third-order valence-electron chi connectivity index (χ3n) is 3.61. The molecule has 0 fully saturated rings. The number of aromatic hydroxyl groups is 1. The van der Waals surface area contributed by atoms with Crippen LogP contribution in [0.3, 0.4) is 0 Å². The Morgan fingerprint density at radius 2 is 1.87 bits per heavy atom. The van der Waals surface area contributed by atoms with Crippen LogP contribution in [0.15, 0.2) is 40.5 Å². The van der Waals surface area contributed by atoms with Crippen LogP contribution >= 0.6 is 11.6 Å². The Kier molecular flexibility index (Phi) is 4.66. The number of hydrogen-bond donors (Lipinski definition) is 2. The molecule has 0 amide bonds. The van der Waals surface area contributed by atoms with Crippen molar-refractivity contribution in [1.82, 2.24) is 0 Å². The summed E-state index contributed by atoms with van der Waals surface area (Å²) in [7, 11) is 1.75. The van der Waals surface area contributed by atoms with Crippen LogP contribution in [0.25, 0.3) is 0 Å². The molecule has 0 saturated carbocycles. The van der Waals surface area contributed by atoms with Crippen LogP contribution in [0.1, 0.15) is 31.9 Å². The summed E-state index contributed by atoms with van der Waals surface area (Å²) in [6.45, 7) is 8.16. The highest BCUT2D eigenvalue weighted by molar-refractivity contribution is 6.52. The molecule has 0 heterocycles. The Morgan fingerprint density at radius 3 is 2.48 bits per heavy atom. The van der Waals surface area contributed by atoms with Crippen molar-refractivity contribution in [3.05, 3.63) is 46.5 Å². The minimum Gasteiger partial charge on any atom is -0.505 e. The average Bonchev–Trinajstić information content (AvgIpc) is 2.43. The molecule has 122 valence electrons. The van der Waals surface area contributed by atoms with Crippen molar-refractivity contribution in [3.63, 3.8) is 0 Å². The number of hydrazone groups is 1. The van der Waals surface area contributed by atoms with Gasteiger partial charge < -0.3 is 5.11 Å². The van der Waals surface area contributed by atoms with Gasteiger partial charge in [0.1, 0.15) is 17.1 Å². The lowest BCUT2D eigenvalue weighted by Gasteiger charge is -2.25. The van der Waals surface area contributed by atoms with Crippen LogP contribution in [0.4, 0.5) is 5.69 Å². The molecule has 0 radical (unpaired) electrons. The van der Waals surface area contributed by atoms with Crippen molar-refractivity contribution < 1.29 is 5.11 Å². The van der Waals surface area contributed by atoms with Gasteiger partial charge in [-0.15, -0.1) is 0 Å². The number of rotatable bonds is 2. The van der Waals surface area contributed by atoms with Crippen molar-refractivity contribution in [1.29, 1.82) is 5.41 Å². The lowest BCUT2D eigenvalue weighted by atomic mass is 9.85. The van der Waals surface area contributed by atoms with Crippen LogP contribution in [-0.4, -0.2) is 23.6 Å². The molecule has 2 rings (SSSR count). The molecule has 0 aliphatic heterocycles. The van der Waals surface area contributed by atoms with E-state index in [1.165, 1.54) is 0 Å².